The van der Waals surface area contributed by atoms with Crippen LogP contribution < -0.4 is 5.32 Å². The van der Waals surface area contributed by atoms with E-state index in [2.05, 4.69) is 19.2 Å². The molecule has 3 rings (SSSR count). The van der Waals surface area contributed by atoms with Gasteiger partial charge in [0.1, 0.15) is 0 Å². The number of rotatable bonds is 5. The third-order valence-electron chi connectivity index (χ3n) is 5.36. The lowest BCUT2D eigenvalue weighted by Crippen LogP contribution is -2.40. The molecular weight excluding hydrogens is 226 g/mol. The maximum Gasteiger partial charge on any atom is 0.224 e. The predicted molar refractivity (Wildman–Crippen MR) is 69.8 cm³/mol. The summed E-state index contributed by atoms with van der Waals surface area (Å²) in [5, 5.41) is 12.4. The fraction of sp³-hybridized carbons (Fsp3) is 0.933. The SMILES string of the molecule is CC(C)CC(CO)NC(=O)C1C2C3CCC(C3)C12. The normalized spacial score (nSPS) is 41.9. The Morgan fingerprint density at radius 1 is 1.28 bits per heavy atom. The molecule has 0 radical (unpaired) electrons. The monoisotopic (exact) mass is 251 g/mol. The first-order valence-corrected chi connectivity index (χ1v) is 7.53. The summed E-state index contributed by atoms with van der Waals surface area (Å²) in [7, 11) is 0. The first-order chi connectivity index (χ1) is 8.61. The Balaban J connectivity index is 1.54. The van der Waals surface area contributed by atoms with Crippen molar-refractivity contribution in [1.29, 1.82) is 0 Å². The van der Waals surface area contributed by atoms with E-state index in [1.807, 2.05) is 0 Å². The highest BCUT2D eigenvalue weighted by Crippen LogP contribution is 2.69. The summed E-state index contributed by atoms with van der Waals surface area (Å²) >= 11 is 0. The molecule has 3 heteroatoms. The second-order valence-electron chi connectivity index (χ2n) is 7.03. The number of hydrogen-bond acceptors (Lipinski definition) is 2. The Kier molecular flexibility index (Phi) is 3.13. The van der Waals surface area contributed by atoms with Crippen LogP contribution in [0.3, 0.4) is 0 Å². The van der Waals surface area contributed by atoms with E-state index in [0.29, 0.717) is 17.8 Å². The summed E-state index contributed by atoms with van der Waals surface area (Å²) in [6.45, 7) is 4.32. The molecule has 3 aliphatic carbocycles. The summed E-state index contributed by atoms with van der Waals surface area (Å²) in [5.74, 6) is 4.10. The molecule has 0 aromatic rings. The van der Waals surface area contributed by atoms with Crippen molar-refractivity contribution in [3.63, 3.8) is 0 Å². The highest BCUT2D eigenvalue weighted by molar-refractivity contribution is 5.83. The van der Waals surface area contributed by atoms with Crippen LogP contribution in [0.4, 0.5) is 0 Å². The zero-order chi connectivity index (χ0) is 12.9. The smallest absolute Gasteiger partial charge is 0.224 e. The summed E-state index contributed by atoms with van der Waals surface area (Å²) in [5.41, 5.74) is 0. The molecule has 0 heterocycles. The molecule has 0 aromatic carbocycles. The molecule has 0 aliphatic heterocycles. The molecule has 5 unspecified atom stereocenters. The zero-order valence-corrected chi connectivity index (χ0v) is 11.4. The fourth-order valence-electron chi connectivity index (χ4n) is 4.72. The highest BCUT2D eigenvalue weighted by Gasteiger charge is 2.67. The average Bonchev–Trinajstić information content (AvgIpc) is 2.77. The van der Waals surface area contributed by atoms with Crippen LogP contribution in [0, 0.1) is 35.5 Å². The van der Waals surface area contributed by atoms with Gasteiger partial charge in [-0.25, -0.2) is 0 Å². The van der Waals surface area contributed by atoms with Crippen molar-refractivity contribution in [3.05, 3.63) is 0 Å². The summed E-state index contributed by atoms with van der Waals surface area (Å²) in [6, 6.07) is -0.0449. The van der Waals surface area contributed by atoms with E-state index in [1.54, 1.807) is 0 Å². The molecule has 102 valence electrons. The lowest BCUT2D eigenvalue weighted by atomic mass is 10.0. The average molecular weight is 251 g/mol. The van der Waals surface area contributed by atoms with Gasteiger partial charge in [-0.1, -0.05) is 13.8 Å². The van der Waals surface area contributed by atoms with Gasteiger partial charge in [0.05, 0.1) is 12.6 Å². The molecule has 0 aromatic heterocycles. The molecule has 3 nitrogen and oxygen atoms in total. The Labute approximate surface area is 109 Å². The number of aliphatic hydroxyl groups is 1. The van der Waals surface area contributed by atoms with Crippen LogP contribution in [0.25, 0.3) is 0 Å². The lowest BCUT2D eigenvalue weighted by Gasteiger charge is -2.19. The van der Waals surface area contributed by atoms with Gasteiger partial charge in [-0.2, -0.15) is 0 Å². The zero-order valence-electron chi connectivity index (χ0n) is 11.4. The number of aliphatic hydroxyl groups excluding tert-OH is 1. The van der Waals surface area contributed by atoms with E-state index in [0.717, 1.165) is 18.3 Å². The summed E-state index contributed by atoms with van der Waals surface area (Å²) in [6.07, 6.45) is 4.96. The van der Waals surface area contributed by atoms with Crippen LogP contribution in [-0.2, 0) is 4.79 Å². The Hall–Kier alpha value is -0.570. The Bertz CT molecular complexity index is 325. The van der Waals surface area contributed by atoms with Gasteiger partial charge in [0, 0.05) is 5.92 Å². The molecule has 2 N–H and O–H groups in total. The minimum Gasteiger partial charge on any atom is -0.394 e. The molecule has 3 saturated carbocycles. The van der Waals surface area contributed by atoms with E-state index in [-0.39, 0.29) is 24.5 Å². The second-order valence-corrected chi connectivity index (χ2v) is 7.03. The maximum atomic E-state index is 12.3. The van der Waals surface area contributed by atoms with Gasteiger partial charge < -0.3 is 10.4 Å². The molecule has 0 spiro atoms. The van der Waals surface area contributed by atoms with Crippen LogP contribution in [0.15, 0.2) is 0 Å². The van der Waals surface area contributed by atoms with Crippen LogP contribution in [0.5, 0.6) is 0 Å². The third kappa shape index (κ3) is 1.97. The Morgan fingerprint density at radius 2 is 1.89 bits per heavy atom. The van der Waals surface area contributed by atoms with Gasteiger partial charge in [-0.3, -0.25) is 4.79 Å². The molecule has 2 bridgehead atoms. The fourth-order valence-corrected chi connectivity index (χ4v) is 4.72. The molecule has 1 amide bonds. The standard InChI is InChI=1S/C15H25NO2/c1-8(2)5-11(7-17)16-15(18)14-12-9-3-4-10(6-9)13(12)14/h8-14,17H,3-7H2,1-2H3,(H,16,18). The number of amides is 1. The van der Waals surface area contributed by atoms with Gasteiger partial charge in [-0.15, -0.1) is 0 Å². The summed E-state index contributed by atoms with van der Waals surface area (Å²) in [4.78, 5) is 12.3. The number of nitrogens with one attached hydrogen (secondary N) is 1. The van der Waals surface area contributed by atoms with Crippen molar-refractivity contribution < 1.29 is 9.90 Å². The minimum atomic E-state index is -0.0449. The largest absolute Gasteiger partial charge is 0.394 e. The summed E-state index contributed by atoms with van der Waals surface area (Å²) < 4.78 is 0. The van der Waals surface area contributed by atoms with Gasteiger partial charge in [0.25, 0.3) is 0 Å². The first-order valence-electron chi connectivity index (χ1n) is 7.53. The predicted octanol–water partition coefficient (Wildman–Crippen LogP) is 1.80. The van der Waals surface area contributed by atoms with Crippen molar-refractivity contribution in [2.45, 2.75) is 45.6 Å². The van der Waals surface area contributed by atoms with E-state index in [9.17, 15) is 9.90 Å². The number of carbonyl (C=O) groups is 1. The molecule has 3 fully saturated rings. The van der Waals surface area contributed by atoms with Gasteiger partial charge in [0.15, 0.2) is 0 Å². The van der Waals surface area contributed by atoms with Crippen molar-refractivity contribution in [3.8, 4) is 0 Å². The van der Waals surface area contributed by atoms with E-state index in [1.165, 1.54) is 19.3 Å². The van der Waals surface area contributed by atoms with Crippen molar-refractivity contribution in [2.24, 2.45) is 35.5 Å². The van der Waals surface area contributed by atoms with E-state index >= 15 is 0 Å². The quantitative estimate of drug-likeness (QED) is 0.783. The van der Waals surface area contributed by atoms with Crippen LogP contribution in [0.1, 0.15) is 39.5 Å². The van der Waals surface area contributed by atoms with Crippen LogP contribution in [0.2, 0.25) is 0 Å². The third-order valence-corrected chi connectivity index (χ3v) is 5.36. The number of carbonyl (C=O) groups excluding carboxylic acids is 1. The van der Waals surface area contributed by atoms with Crippen LogP contribution in [-0.4, -0.2) is 23.7 Å². The number of hydrogen-bond donors (Lipinski definition) is 2. The van der Waals surface area contributed by atoms with Crippen LogP contribution >= 0.6 is 0 Å². The van der Waals surface area contributed by atoms with Crippen molar-refractivity contribution in [1.82, 2.24) is 5.32 Å². The van der Waals surface area contributed by atoms with Crippen molar-refractivity contribution in [2.75, 3.05) is 6.61 Å². The topological polar surface area (TPSA) is 49.3 Å². The molecule has 0 saturated heterocycles. The Morgan fingerprint density at radius 3 is 2.39 bits per heavy atom. The first kappa shape index (κ1) is 12.5. The molecule has 3 aliphatic rings. The lowest BCUT2D eigenvalue weighted by molar-refractivity contribution is -0.124. The van der Waals surface area contributed by atoms with Gasteiger partial charge >= 0.3 is 0 Å². The van der Waals surface area contributed by atoms with Crippen molar-refractivity contribution >= 4 is 5.91 Å². The van der Waals surface area contributed by atoms with Gasteiger partial charge in [-0.05, 0) is 55.3 Å². The van der Waals surface area contributed by atoms with Gasteiger partial charge in [0.2, 0.25) is 5.91 Å². The maximum absolute atomic E-state index is 12.3. The second kappa shape index (κ2) is 4.52. The highest BCUT2D eigenvalue weighted by atomic mass is 16.3. The molecule has 18 heavy (non-hydrogen) atoms. The number of fused-ring (bicyclic) bond motifs is 5. The molecule has 5 atom stereocenters. The molecular formula is C15H25NO2. The van der Waals surface area contributed by atoms with E-state index < -0.39 is 0 Å². The van der Waals surface area contributed by atoms with E-state index in [4.69, 9.17) is 0 Å². The minimum absolute atomic E-state index is 0.0449.